The zero-order chi connectivity index (χ0) is 16.2. The molecule has 0 aromatic rings. The highest BCUT2D eigenvalue weighted by Crippen LogP contribution is 2.25. The van der Waals surface area contributed by atoms with Gasteiger partial charge >= 0.3 is 17.9 Å². The van der Waals surface area contributed by atoms with E-state index in [0.717, 1.165) is 13.8 Å². The van der Waals surface area contributed by atoms with E-state index in [9.17, 15) is 24.6 Å². The van der Waals surface area contributed by atoms with Gasteiger partial charge in [0.05, 0.1) is 0 Å². The second-order valence-corrected chi connectivity index (χ2v) is 4.51. The van der Waals surface area contributed by atoms with Gasteiger partial charge in [-0.05, 0) is 0 Å². The van der Waals surface area contributed by atoms with Crippen LogP contribution in [0, 0.1) is 0 Å². The van der Waals surface area contributed by atoms with Crippen molar-refractivity contribution in [3.63, 3.8) is 0 Å². The molecule has 9 nitrogen and oxygen atoms in total. The average molecular weight is 306 g/mol. The normalized spacial score (nSPS) is 32.1. The first-order valence-corrected chi connectivity index (χ1v) is 6.21. The van der Waals surface area contributed by atoms with Gasteiger partial charge in [-0.3, -0.25) is 14.4 Å². The molecule has 1 saturated heterocycles. The molecule has 0 saturated carbocycles. The van der Waals surface area contributed by atoms with Crippen molar-refractivity contribution >= 4 is 17.9 Å². The molecule has 1 fully saturated rings. The van der Waals surface area contributed by atoms with E-state index in [4.69, 9.17) is 18.9 Å². The monoisotopic (exact) mass is 306 g/mol. The summed E-state index contributed by atoms with van der Waals surface area (Å²) in [7, 11) is 0. The third kappa shape index (κ3) is 4.96. The SMILES string of the molecule is CC(=O)OC[C@H]1O[C@@H](O)[C@H](O)[C@@H](OC(C)=O)[C@H]1OC(C)=O. The van der Waals surface area contributed by atoms with E-state index in [2.05, 4.69) is 0 Å². The van der Waals surface area contributed by atoms with Gasteiger partial charge in [0.25, 0.3) is 0 Å². The summed E-state index contributed by atoms with van der Waals surface area (Å²) < 4.78 is 19.6. The van der Waals surface area contributed by atoms with Crippen LogP contribution in [0.3, 0.4) is 0 Å². The molecule has 1 aliphatic heterocycles. The van der Waals surface area contributed by atoms with Crippen LogP contribution < -0.4 is 0 Å². The van der Waals surface area contributed by atoms with Crippen LogP contribution in [-0.4, -0.2) is 65.4 Å². The van der Waals surface area contributed by atoms with Crippen LogP contribution in [0.5, 0.6) is 0 Å². The first-order valence-electron chi connectivity index (χ1n) is 6.21. The Hall–Kier alpha value is -1.71. The van der Waals surface area contributed by atoms with Crippen molar-refractivity contribution in [3.05, 3.63) is 0 Å². The summed E-state index contributed by atoms with van der Waals surface area (Å²) in [5, 5.41) is 19.4. The van der Waals surface area contributed by atoms with Gasteiger partial charge in [-0.15, -0.1) is 0 Å². The number of ether oxygens (including phenoxy) is 4. The van der Waals surface area contributed by atoms with E-state index in [-0.39, 0.29) is 6.61 Å². The fourth-order valence-corrected chi connectivity index (χ4v) is 1.90. The number of hydrogen-bond donors (Lipinski definition) is 2. The molecule has 1 heterocycles. The molecule has 0 amide bonds. The maximum atomic E-state index is 11.1. The number of carbonyl (C=O) groups excluding carboxylic acids is 3. The molecule has 21 heavy (non-hydrogen) atoms. The molecule has 0 radical (unpaired) electrons. The van der Waals surface area contributed by atoms with E-state index >= 15 is 0 Å². The Morgan fingerprint density at radius 2 is 1.48 bits per heavy atom. The number of rotatable bonds is 4. The molecule has 5 atom stereocenters. The first kappa shape index (κ1) is 17.3. The summed E-state index contributed by atoms with van der Waals surface area (Å²) in [6.45, 7) is 3.04. The van der Waals surface area contributed by atoms with Gasteiger partial charge in [0, 0.05) is 20.8 Å². The van der Waals surface area contributed by atoms with Crippen LogP contribution in [0.15, 0.2) is 0 Å². The van der Waals surface area contributed by atoms with Crippen LogP contribution in [0.1, 0.15) is 20.8 Å². The van der Waals surface area contributed by atoms with Gasteiger partial charge in [0.15, 0.2) is 18.5 Å². The van der Waals surface area contributed by atoms with Crippen LogP contribution in [-0.2, 0) is 33.3 Å². The second kappa shape index (κ2) is 7.34. The second-order valence-electron chi connectivity index (χ2n) is 4.51. The highest BCUT2D eigenvalue weighted by atomic mass is 16.7. The lowest BCUT2D eigenvalue weighted by Gasteiger charge is -2.41. The van der Waals surface area contributed by atoms with E-state index in [1.807, 2.05) is 0 Å². The van der Waals surface area contributed by atoms with Crippen LogP contribution in [0.25, 0.3) is 0 Å². The molecule has 2 N–H and O–H groups in total. The topological polar surface area (TPSA) is 129 Å². The number of carbonyl (C=O) groups is 3. The van der Waals surface area contributed by atoms with Crippen molar-refractivity contribution in [2.45, 2.75) is 51.5 Å². The quantitative estimate of drug-likeness (QED) is 0.470. The average Bonchev–Trinajstić information content (AvgIpc) is 2.35. The Labute approximate surface area is 120 Å². The Morgan fingerprint density at radius 3 is 1.95 bits per heavy atom. The Balaban J connectivity index is 2.94. The standard InChI is InChI=1S/C12H18O9/c1-5(13)18-4-8-10(19-6(2)14)11(20-7(3)15)9(16)12(17)21-8/h8-12,16-17H,4H2,1-3H3/t8-,9-,10+,11-,12-/m1/s1. The van der Waals surface area contributed by atoms with E-state index in [0.29, 0.717) is 0 Å². The van der Waals surface area contributed by atoms with Crippen molar-refractivity contribution in [1.82, 2.24) is 0 Å². The maximum absolute atomic E-state index is 11.1. The molecule has 0 aliphatic carbocycles. The van der Waals surface area contributed by atoms with Gasteiger partial charge < -0.3 is 29.2 Å². The van der Waals surface area contributed by atoms with Crippen LogP contribution >= 0.6 is 0 Å². The summed E-state index contributed by atoms with van der Waals surface area (Å²) in [5.41, 5.74) is 0. The lowest BCUT2D eigenvalue weighted by atomic mass is 9.98. The Morgan fingerprint density at radius 1 is 0.952 bits per heavy atom. The molecule has 0 unspecified atom stereocenters. The lowest BCUT2D eigenvalue weighted by Crippen LogP contribution is -2.61. The fraction of sp³-hybridized carbons (Fsp3) is 0.750. The zero-order valence-electron chi connectivity index (χ0n) is 11.8. The smallest absolute Gasteiger partial charge is 0.303 e. The molecule has 0 aromatic carbocycles. The fourth-order valence-electron chi connectivity index (χ4n) is 1.90. The van der Waals surface area contributed by atoms with Crippen LogP contribution in [0.4, 0.5) is 0 Å². The Bertz CT molecular complexity index is 408. The van der Waals surface area contributed by atoms with Gasteiger partial charge in [0.2, 0.25) is 0 Å². The zero-order valence-corrected chi connectivity index (χ0v) is 11.8. The molecule has 0 spiro atoms. The number of aliphatic hydroxyl groups excluding tert-OH is 2. The van der Waals surface area contributed by atoms with E-state index in [1.165, 1.54) is 6.92 Å². The van der Waals surface area contributed by atoms with Crippen molar-refractivity contribution < 1.29 is 43.5 Å². The lowest BCUT2D eigenvalue weighted by molar-refractivity contribution is -0.293. The minimum atomic E-state index is -1.68. The predicted octanol–water partition coefficient (Wildman–Crippen LogP) is -1.51. The highest BCUT2D eigenvalue weighted by Gasteiger charge is 2.49. The number of esters is 3. The van der Waals surface area contributed by atoms with Gasteiger partial charge in [0.1, 0.15) is 18.8 Å². The predicted molar refractivity (Wildman–Crippen MR) is 64.6 cm³/mol. The summed E-state index contributed by atoms with van der Waals surface area (Å²) in [6, 6.07) is 0. The number of aliphatic hydroxyl groups is 2. The van der Waals surface area contributed by atoms with Crippen molar-refractivity contribution in [2.75, 3.05) is 6.61 Å². The molecular weight excluding hydrogens is 288 g/mol. The Kier molecular flexibility index (Phi) is 6.06. The van der Waals surface area contributed by atoms with E-state index < -0.39 is 48.6 Å². The van der Waals surface area contributed by atoms with Gasteiger partial charge in [-0.2, -0.15) is 0 Å². The van der Waals surface area contributed by atoms with Crippen molar-refractivity contribution in [2.24, 2.45) is 0 Å². The van der Waals surface area contributed by atoms with Gasteiger partial charge in [-0.1, -0.05) is 0 Å². The molecule has 0 bridgehead atoms. The van der Waals surface area contributed by atoms with Crippen molar-refractivity contribution in [3.8, 4) is 0 Å². The summed E-state index contributed by atoms with van der Waals surface area (Å²) in [5.74, 6) is -2.06. The summed E-state index contributed by atoms with van der Waals surface area (Å²) >= 11 is 0. The number of hydrogen-bond acceptors (Lipinski definition) is 9. The minimum Gasteiger partial charge on any atom is -0.463 e. The molecule has 120 valence electrons. The molecule has 1 rings (SSSR count). The summed E-state index contributed by atoms with van der Waals surface area (Å²) in [4.78, 5) is 33.1. The van der Waals surface area contributed by atoms with Crippen molar-refractivity contribution in [1.29, 1.82) is 0 Å². The maximum Gasteiger partial charge on any atom is 0.303 e. The molecular formula is C12H18O9. The first-order chi connectivity index (χ1) is 9.72. The summed E-state index contributed by atoms with van der Waals surface area (Å²) in [6.07, 6.45) is -6.92. The third-order valence-electron chi connectivity index (χ3n) is 2.69. The highest BCUT2D eigenvalue weighted by molar-refractivity contribution is 5.67. The van der Waals surface area contributed by atoms with Gasteiger partial charge in [-0.25, -0.2) is 0 Å². The molecule has 9 heteroatoms. The minimum absolute atomic E-state index is 0.338. The third-order valence-corrected chi connectivity index (χ3v) is 2.69. The largest absolute Gasteiger partial charge is 0.463 e. The van der Waals surface area contributed by atoms with E-state index in [1.54, 1.807) is 0 Å². The molecule has 1 aliphatic rings. The molecule has 0 aromatic heterocycles. The van der Waals surface area contributed by atoms with Crippen LogP contribution in [0.2, 0.25) is 0 Å².